The molecule has 0 aliphatic heterocycles. The van der Waals surface area contributed by atoms with Gasteiger partial charge in [0.1, 0.15) is 12.3 Å². The molecular weight excluding hydrogens is 256 g/mol. The zero-order valence-corrected chi connectivity index (χ0v) is 11.8. The molecule has 1 aromatic carbocycles. The number of benzene rings is 1. The van der Waals surface area contributed by atoms with E-state index in [1.165, 1.54) is 0 Å². The molecule has 0 bridgehead atoms. The lowest BCUT2D eigenvalue weighted by Crippen LogP contribution is -2.20. The fraction of sp³-hybridized carbons (Fsp3) is 0.286. The molecule has 106 valence electrons. The third-order valence-electron chi connectivity index (χ3n) is 2.89. The summed E-state index contributed by atoms with van der Waals surface area (Å²) in [6.45, 7) is 3.95. The van der Waals surface area contributed by atoms with E-state index in [1.54, 1.807) is 30.0 Å². The Morgan fingerprint density at radius 1 is 1.40 bits per heavy atom. The van der Waals surface area contributed by atoms with Crippen LogP contribution < -0.4 is 15.8 Å². The summed E-state index contributed by atoms with van der Waals surface area (Å²) in [7, 11) is 1.54. The highest BCUT2D eigenvalue weighted by molar-refractivity contribution is 5.92. The Morgan fingerprint density at radius 3 is 2.75 bits per heavy atom. The molecule has 20 heavy (non-hydrogen) atoms. The summed E-state index contributed by atoms with van der Waals surface area (Å²) in [5.41, 5.74) is 8.66. The predicted octanol–water partition coefficient (Wildman–Crippen LogP) is 1.73. The smallest absolute Gasteiger partial charge is 0.246 e. The van der Waals surface area contributed by atoms with Gasteiger partial charge < -0.3 is 15.8 Å². The van der Waals surface area contributed by atoms with Crippen LogP contribution >= 0.6 is 0 Å². The number of nitrogens with two attached hydrogens (primary N) is 1. The highest BCUT2D eigenvalue weighted by atomic mass is 16.5. The maximum Gasteiger partial charge on any atom is 0.246 e. The van der Waals surface area contributed by atoms with E-state index in [4.69, 9.17) is 10.5 Å². The number of nitrogen functional groups attached to an aromatic ring is 1. The second kappa shape index (κ2) is 5.64. The molecule has 1 aromatic heterocycles. The molecule has 0 unspecified atom stereocenters. The lowest BCUT2D eigenvalue weighted by molar-refractivity contribution is -0.116. The lowest BCUT2D eigenvalue weighted by Gasteiger charge is -2.11. The number of hydrogen-bond acceptors (Lipinski definition) is 4. The van der Waals surface area contributed by atoms with Crippen LogP contribution in [-0.4, -0.2) is 22.8 Å². The maximum atomic E-state index is 12.1. The fourth-order valence-electron chi connectivity index (χ4n) is 1.98. The summed E-state index contributed by atoms with van der Waals surface area (Å²) in [6, 6.07) is 7.02. The molecule has 3 N–H and O–H groups in total. The molecule has 0 aliphatic carbocycles. The number of carbonyl (C=O) groups excluding carboxylic acids is 1. The van der Waals surface area contributed by atoms with E-state index in [1.807, 2.05) is 19.9 Å². The Morgan fingerprint density at radius 2 is 2.15 bits per heavy atom. The largest absolute Gasteiger partial charge is 0.495 e. The van der Waals surface area contributed by atoms with Crippen molar-refractivity contribution in [3.63, 3.8) is 0 Å². The number of hydrogen-bond donors (Lipinski definition) is 2. The van der Waals surface area contributed by atoms with E-state index in [-0.39, 0.29) is 12.5 Å². The Balaban J connectivity index is 2.12. The number of aromatic nitrogens is 2. The topological polar surface area (TPSA) is 82.2 Å². The van der Waals surface area contributed by atoms with Gasteiger partial charge in [0.25, 0.3) is 0 Å². The van der Waals surface area contributed by atoms with Crippen molar-refractivity contribution in [3.8, 4) is 5.75 Å². The summed E-state index contributed by atoms with van der Waals surface area (Å²) in [6.07, 6.45) is 0. The minimum Gasteiger partial charge on any atom is -0.495 e. The van der Waals surface area contributed by atoms with E-state index in [9.17, 15) is 4.79 Å². The van der Waals surface area contributed by atoms with Crippen LogP contribution in [0.5, 0.6) is 5.75 Å². The third-order valence-corrected chi connectivity index (χ3v) is 2.89. The summed E-state index contributed by atoms with van der Waals surface area (Å²) < 4.78 is 6.84. The summed E-state index contributed by atoms with van der Waals surface area (Å²) in [5, 5.41) is 7.03. The highest BCUT2D eigenvalue weighted by Crippen LogP contribution is 2.26. The number of nitrogens with zero attached hydrogens (tertiary/aromatic N) is 2. The van der Waals surface area contributed by atoms with Crippen LogP contribution in [0.25, 0.3) is 0 Å². The van der Waals surface area contributed by atoms with Crippen LogP contribution in [0.3, 0.4) is 0 Å². The molecule has 0 aliphatic rings. The Kier molecular flexibility index (Phi) is 3.93. The van der Waals surface area contributed by atoms with Gasteiger partial charge in [-0.1, -0.05) is 0 Å². The molecule has 2 aromatic rings. The first-order chi connectivity index (χ1) is 9.49. The summed E-state index contributed by atoms with van der Waals surface area (Å²) in [4.78, 5) is 12.1. The minimum absolute atomic E-state index is 0.150. The van der Waals surface area contributed by atoms with Crippen molar-refractivity contribution < 1.29 is 9.53 Å². The molecule has 0 saturated heterocycles. The molecular formula is C14H18N4O2. The van der Waals surface area contributed by atoms with Crippen molar-refractivity contribution >= 4 is 17.3 Å². The standard InChI is InChI=1S/C14H18N4O2/c1-9-6-10(2)18(17-9)8-14(19)16-12-7-11(15)4-5-13(12)20-3/h4-7H,8,15H2,1-3H3,(H,16,19). The van der Waals surface area contributed by atoms with Crippen molar-refractivity contribution in [3.05, 3.63) is 35.7 Å². The van der Waals surface area contributed by atoms with Gasteiger partial charge in [-0.25, -0.2) is 0 Å². The van der Waals surface area contributed by atoms with Gasteiger partial charge in [-0.2, -0.15) is 5.10 Å². The predicted molar refractivity (Wildman–Crippen MR) is 77.7 cm³/mol. The van der Waals surface area contributed by atoms with Crippen molar-refractivity contribution in [1.29, 1.82) is 0 Å². The lowest BCUT2D eigenvalue weighted by atomic mass is 10.2. The van der Waals surface area contributed by atoms with Crippen LogP contribution in [-0.2, 0) is 11.3 Å². The molecule has 1 heterocycles. The van der Waals surface area contributed by atoms with Gasteiger partial charge in [-0.05, 0) is 38.1 Å². The van der Waals surface area contributed by atoms with Crippen LogP contribution in [0.4, 0.5) is 11.4 Å². The number of methoxy groups -OCH3 is 1. The molecule has 0 saturated carbocycles. The number of amides is 1. The fourth-order valence-corrected chi connectivity index (χ4v) is 1.98. The van der Waals surface area contributed by atoms with Gasteiger partial charge in [0.05, 0.1) is 18.5 Å². The quantitative estimate of drug-likeness (QED) is 0.832. The van der Waals surface area contributed by atoms with Gasteiger partial charge in [0.2, 0.25) is 5.91 Å². The van der Waals surface area contributed by atoms with Crippen molar-refractivity contribution in [2.75, 3.05) is 18.2 Å². The number of ether oxygens (including phenoxy) is 1. The van der Waals surface area contributed by atoms with Crippen LogP contribution in [0, 0.1) is 13.8 Å². The van der Waals surface area contributed by atoms with E-state index in [0.717, 1.165) is 11.4 Å². The molecule has 1 amide bonds. The second-order valence-electron chi connectivity index (χ2n) is 4.59. The Bertz CT molecular complexity index is 634. The summed E-state index contributed by atoms with van der Waals surface area (Å²) >= 11 is 0. The molecule has 0 fully saturated rings. The Labute approximate surface area is 117 Å². The normalized spacial score (nSPS) is 10.3. The first-order valence-electron chi connectivity index (χ1n) is 6.24. The number of rotatable bonds is 4. The number of aryl methyl sites for hydroxylation is 2. The van der Waals surface area contributed by atoms with Gasteiger partial charge >= 0.3 is 0 Å². The summed E-state index contributed by atoms with van der Waals surface area (Å²) in [5.74, 6) is 0.390. The molecule has 6 nitrogen and oxygen atoms in total. The number of nitrogens with one attached hydrogen (secondary N) is 1. The van der Waals surface area contributed by atoms with E-state index >= 15 is 0 Å². The first kappa shape index (κ1) is 13.9. The van der Waals surface area contributed by atoms with E-state index < -0.39 is 0 Å². The Hall–Kier alpha value is -2.50. The zero-order chi connectivity index (χ0) is 14.7. The zero-order valence-electron chi connectivity index (χ0n) is 11.8. The van der Waals surface area contributed by atoms with Crippen LogP contribution in [0.2, 0.25) is 0 Å². The molecule has 0 radical (unpaired) electrons. The average Bonchev–Trinajstić information content (AvgIpc) is 2.68. The van der Waals surface area contributed by atoms with Gasteiger partial charge in [-0.15, -0.1) is 0 Å². The van der Waals surface area contributed by atoms with Crippen molar-refractivity contribution in [2.45, 2.75) is 20.4 Å². The second-order valence-corrected chi connectivity index (χ2v) is 4.59. The first-order valence-corrected chi connectivity index (χ1v) is 6.24. The monoisotopic (exact) mass is 274 g/mol. The van der Waals surface area contributed by atoms with Crippen LogP contribution in [0.15, 0.2) is 24.3 Å². The van der Waals surface area contributed by atoms with Gasteiger partial charge in [-0.3, -0.25) is 9.48 Å². The van der Waals surface area contributed by atoms with Crippen LogP contribution in [0.1, 0.15) is 11.4 Å². The van der Waals surface area contributed by atoms with Crippen molar-refractivity contribution in [2.24, 2.45) is 0 Å². The molecule has 0 spiro atoms. The minimum atomic E-state index is -0.180. The number of carbonyl (C=O) groups is 1. The van der Waals surface area contributed by atoms with E-state index in [0.29, 0.717) is 17.1 Å². The number of anilines is 2. The van der Waals surface area contributed by atoms with Crippen molar-refractivity contribution in [1.82, 2.24) is 9.78 Å². The van der Waals surface area contributed by atoms with Gasteiger partial charge in [0, 0.05) is 11.4 Å². The maximum absolute atomic E-state index is 12.1. The molecule has 0 atom stereocenters. The van der Waals surface area contributed by atoms with E-state index in [2.05, 4.69) is 10.4 Å². The molecule has 2 rings (SSSR count). The highest BCUT2D eigenvalue weighted by Gasteiger charge is 2.10. The van der Waals surface area contributed by atoms with Gasteiger partial charge in [0.15, 0.2) is 0 Å². The molecule has 6 heteroatoms. The average molecular weight is 274 g/mol. The third kappa shape index (κ3) is 3.09. The SMILES string of the molecule is COc1ccc(N)cc1NC(=O)Cn1nc(C)cc1C.